The molecule has 0 aliphatic heterocycles. The first-order valence-electron chi connectivity index (χ1n) is 5.58. The Morgan fingerprint density at radius 2 is 2.24 bits per heavy atom. The highest BCUT2D eigenvalue weighted by Crippen LogP contribution is 2.30. The van der Waals surface area contributed by atoms with Gasteiger partial charge in [-0.1, -0.05) is 43.4 Å². The molecule has 0 heterocycles. The van der Waals surface area contributed by atoms with Gasteiger partial charge in [-0.15, -0.1) is 0 Å². The number of aliphatic hydroxyl groups excluding tert-OH is 1. The third-order valence-electron chi connectivity index (χ3n) is 2.95. The van der Waals surface area contributed by atoms with Gasteiger partial charge in [0.05, 0.1) is 6.61 Å². The van der Waals surface area contributed by atoms with Gasteiger partial charge in [-0.3, -0.25) is 0 Å². The number of nitrogens with two attached hydrogens (primary N) is 1. The van der Waals surface area contributed by atoms with E-state index in [0.717, 1.165) is 11.1 Å². The first-order valence-corrected chi connectivity index (χ1v) is 5.58. The van der Waals surface area contributed by atoms with Gasteiger partial charge in [0.2, 0.25) is 0 Å². The number of nitrogens with zero attached hydrogens (tertiary/aromatic N) is 1. The maximum atomic E-state index is 9.43. The quantitative estimate of drug-likeness (QED) is 0.579. The second-order valence-corrected chi connectivity index (χ2v) is 4.62. The van der Waals surface area contributed by atoms with Crippen LogP contribution < -0.4 is 5.73 Å². The molecule has 0 aromatic heterocycles. The van der Waals surface area contributed by atoms with E-state index in [1.807, 2.05) is 38.2 Å². The standard InChI is InChI=1S/C14H20N2O/c1-10(2)16-13(15)12-6-5-7-14(4,9-17)11(3)8-12/h5-8,17H,1,9H2,2-4H3,(H2,15,16). The largest absolute Gasteiger partial charge is 0.395 e. The molecule has 1 atom stereocenters. The highest BCUT2D eigenvalue weighted by molar-refractivity contribution is 6.00. The van der Waals surface area contributed by atoms with Crippen LogP contribution in [0.1, 0.15) is 20.8 Å². The normalized spacial score (nSPS) is 25.1. The van der Waals surface area contributed by atoms with Crippen molar-refractivity contribution in [3.63, 3.8) is 0 Å². The molecule has 92 valence electrons. The van der Waals surface area contributed by atoms with E-state index in [0.29, 0.717) is 11.5 Å². The summed E-state index contributed by atoms with van der Waals surface area (Å²) in [6, 6.07) is 0. The molecule has 1 unspecified atom stereocenters. The zero-order valence-corrected chi connectivity index (χ0v) is 10.7. The molecule has 0 radical (unpaired) electrons. The van der Waals surface area contributed by atoms with Gasteiger partial charge in [0, 0.05) is 16.7 Å². The van der Waals surface area contributed by atoms with E-state index in [2.05, 4.69) is 11.6 Å². The van der Waals surface area contributed by atoms with Crippen LogP contribution in [0.3, 0.4) is 0 Å². The van der Waals surface area contributed by atoms with E-state index in [1.165, 1.54) is 0 Å². The number of aliphatic hydroxyl groups is 1. The van der Waals surface area contributed by atoms with Gasteiger partial charge in [0.15, 0.2) is 0 Å². The van der Waals surface area contributed by atoms with E-state index in [9.17, 15) is 5.11 Å². The Morgan fingerprint density at radius 1 is 1.59 bits per heavy atom. The van der Waals surface area contributed by atoms with Crippen molar-refractivity contribution >= 4 is 5.84 Å². The van der Waals surface area contributed by atoms with E-state index >= 15 is 0 Å². The molecule has 0 amide bonds. The number of rotatable bonds is 3. The van der Waals surface area contributed by atoms with Crippen LogP contribution in [0.25, 0.3) is 0 Å². The average Bonchev–Trinajstić information content (AvgIpc) is 2.39. The third kappa shape index (κ3) is 3.17. The van der Waals surface area contributed by atoms with Crippen LogP contribution in [-0.4, -0.2) is 17.5 Å². The lowest BCUT2D eigenvalue weighted by Crippen LogP contribution is -2.20. The smallest absolute Gasteiger partial charge is 0.130 e. The molecule has 17 heavy (non-hydrogen) atoms. The Balaban J connectivity index is 3.12. The predicted octanol–water partition coefficient (Wildman–Crippen LogP) is 2.32. The number of hydrogen-bond donors (Lipinski definition) is 2. The topological polar surface area (TPSA) is 58.6 Å². The molecule has 3 nitrogen and oxygen atoms in total. The van der Waals surface area contributed by atoms with Crippen molar-refractivity contribution < 1.29 is 5.11 Å². The molecule has 0 fully saturated rings. The molecule has 0 bridgehead atoms. The van der Waals surface area contributed by atoms with Crippen molar-refractivity contribution in [2.24, 2.45) is 16.1 Å². The number of allylic oxidation sites excluding steroid dienone is 3. The zero-order chi connectivity index (χ0) is 13.1. The van der Waals surface area contributed by atoms with E-state index in [1.54, 1.807) is 6.92 Å². The van der Waals surface area contributed by atoms with Crippen LogP contribution in [0.2, 0.25) is 0 Å². The summed E-state index contributed by atoms with van der Waals surface area (Å²) in [7, 11) is 0. The van der Waals surface area contributed by atoms with Gasteiger partial charge in [-0.2, -0.15) is 0 Å². The van der Waals surface area contributed by atoms with Crippen LogP contribution in [-0.2, 0) is 0 Å². The fourth-order valence-corrected chi connectivity index (χ4v) is 1.55. The Hall–Kier alpha value is -1.61. The summed E-state index contributed by atoms with van der Waals surface area (Å²) < 4.78 is 0. The van der Waals surface area contributed by atoms with Crippen molar-refractivity contribution in [3.05, 3.63) is 47.7 Å². The summed E-state index contributed by atoms with van der Waals surface area (Å²) in [6.45, 7) is 9.54. The molecular weight excluding hydrogens is 212 g/mol. The van der Waals surface area contributed by atoms with Gasteiger partial charge in [-0.05, 0) is 13.8 Å². The van der Waals surface area contributed by atoms with Gasteiger partial charge in [-0.25, -0.2) is 4.99 Å². The van der Waals surface area contributed by atoms with E-state index in [4.69, 9.17) is 5.73 Å². The minimum absolute atomic E-state index is 0.0739. The molecular formula is C14H20N2O. The van der Waals surface area contributed by atoms with Crippen LogP contribution in [0, 0.1) is 5.41 Å². The average molecular weight is 232 g/mol. The summed E-state index contributed by atoms with van der Waals surface area (Å²) >= 11 is 0. The van der Waals surface area contributed by atoms with Crippen molar-refractivity contribution in [1.29, 1.82) is 0 Å². The molecule has 0 aromatic rings. The number of hydrogen-bond acceptors (Lipinski definition) is 2. The van der Waals surface area contributed by atoms with Crippen molar-refractivity contribution in [2.75, 3.05) is 6.61 Å². The molecule has 0 saturated carbocycles. The first-order chi connectivity index (χ1) is 7.89. The zero-order valence-electron chi connectivity index (χ0n) is 10.7. The van der Waals surface area contributed by atoms with Gasteiger partial charge < -0.3 is 10.8 Å². The van der Waals surface area contributed by atoms with Crippen molar-refractivity contribution in [1.82, 2.24) is 0 Å². The summed E-state index contributed by atoms with van der Waals surface area (Å²) in [5.41, 5.74) is 8.13. The molecule has 1 aliphatic rings. The van der Waals surface area contributed by atoms with Crippen LogP contribution >= 0.6 is 0 Å². The molecule has 1 aliphatic carbocycles. The molecule has 1 rings (SSSR count). The Bertz CT molecular complexity index is 441. The molecule has 3 heteroatoms. The monoisotopic (exact) mass is 232 g/mol. The summed E-state index contributed by atoms with van der Waals surface area (Å²) in [5.74, 6) is 0.448. The molecule has 0 spiro atoms. The fraction of sp³-hybridized carbons (Fsp3) is 0.357. The lowest BCUT2D eigenvalue weighted by atomic mass is 9.83. The summed E-state index contributed by atoms with van der Waals surface area (Å²) in [4.78, 5) is 4.14. The lowest BCUT2D eigenvalue weighted by molar-refractivity contribution is 0.211. The first kappa shape index (κ1) is 13.5. The molecule has 3 N–H and O–H groups in total. The Kier molecular flexibility index (Phi) is 4.07. The van der Waals surface area contributed by atoms with Gasteiger partial charge >= 0.3 is 0 Å². The van der Waals surface area contributed by atoms with Crippen molar-refractivity contribution in [2.45, 2.75) is 20.8 Å². The second-order valence-electron chi connectivity index (χ2n) is 4.62. The lowest BCUT2D eigenvalue weighted by Gasteiger charge is -2.23. The molecule has 0 saturated heterocycles. The van der Waals surface area contributed by atoms with Crippen LogP contribution in [0.4, 0.5) is 0 Å². The summed E-state index contributed by atoms with van der Waals surface area (Å²) in [6.07, 6.45) is 7.73. The molecule has 0 aromatic carbocycles. The Morgan fingerprint density at radius 3 is 2.76 bits per heavy atom. The number of amidine groups is 1. The van der Waals surface area contributed by atoms with Crippen molar-refractivity contribution in [3.8, 4) is 0 Å². The minimum Gasteiger partial charge on any atom is -0.395 e. The SMILES string of the molecule is C=C(C)N=C(N)C1=CC=CC(C)(CO)C(C)=C1. The van der Waals surface area contributed by atoms with Crippen LogP contribution in [0.15, 0.2) is 52.7 Å². The predicted molar refractivity (Wildman–Crippen MR) is 72.6 cm³/mol. The Labute approximate surface area is 103 Å². The highest BCUT2D eigenvalue weighted by atomic mass is 16.3. The van der Waals surface area contributed by atoms with Gasteiger partial charge in [0.1, 0.15) is 5.84 Å². The fourth-order valence-electron chi connectivity index (χ4n) is 1.55. The van der Waals surface area contributed by atoms with E-state index in [-0.39, 0.29) is 12.0 Å². The highest BCUT2D eigenvalue weighted by Gasteiger charge is 2.23. The minimum atomic E-state index is -0.332. The maximum absolute atomic E-state index is 9.43. The van der Waals surface area contributed by atoms with E-state index < -0.39 is 0 Å². The summed E-state index contributed by atoms with van der Waals surface area (Å²) in [5, 5.41) is 9.43. The maximum Gasteiger partial charge on any atom is 0.130 e. The van der Waals surface area contributed by atoms with Gasteiger partial charge in [0.25, 0.3) is 0 Å². The number of aliphatic imine (C=N–C) groups is 1. The van der Waals surface area contributed by atoms with Crippen LogP contribution in [0.5, 0.6) is 0 Å². The third-order valence-corrected chi connectivity index (χ3v) is 2.95. The second kappa shape index (κ2) is 5.15.